The molecule has 1 N–H and O–H groups in total. The minimum absolute atomic E-state index is 0.0620. The summed E-state index contributed by atoms with van der Waals surface area (Å²) in [6.45, 7) is 3.30. The topological polar surface area (TPSA) is 88.3 Å². The fraction of sp³-hybridized carbons (Fsp3) is 0.474. The number of aromatic nitrogens is 2. The third kappa shape index (κ3) is 4.68. The average molecular weight is 356 g/mol. The summed E-state index contributed by atoms with van der Waals surface area (Å²) < 4.78 is 5.24. The summed E-state index contributed by atoms with van der Waals surface area (Å²) in [5.74, 6) is 0.855. The van der Waals surface area contributed by atoms with Gasteiger partial charge in [0.2, 0.25) is 17.7 Å². The summed E-state index contributed by atoms with van der Waals surface area (Å²) in [6.07, 6.45) is 2.69. The van der Waals surface area contributed by atoms with Gasteiger partial charge in [-0.1, -0.05) is 42.4 Å². The van der Waals surface area contributed by atoms with Crippen LogP contribution in [-0.4, -0.2) is 39.9 Å². The molecule has 7 nitrogen and oxygen atoms in total. The van der Waals surface area contributed by atoms with E-state index in [0.717, 1.165) is 24.9 Å². The number of carbonyl (C=O) groups is 2. The molecule has 1 aromatic carbocycles. The Morgan fingerprint density at radius 1 is 1.31 bits per heavy atom. The van der Waals surface area contributed by atoms with E-state index in [9.17, 15) is 9.59 Å². The van der Waals surface area contributed by atoms with E-state index in [0.29, 0.717) is 31.1 Å². The van der Waals surface area contributed by atoms with Crippen molar-refractivity contribution >= 4 is 11.8 Å². The van der Waals surface area contributed by atoms with Crippen LogP contribution in [0, 0.1) is 5.92 Å². The molecule has 1 aliphatic rings. The predicted molar refractivity (Wildman–Crippen MR) is 95.0 cm³/mol. The number of hydrogen-bond donors (Lipinski definition) is 1. The first-order valence-electron chi connectivity index (χ1n) is 9.06. The number of rotatable bonds is 6. The normalized spacial score (nSPS) is 17.1. The lowest BCUT2D eigenvalue weighted by atomic mass is 9.97. The first-order valence-corrected chi connectivity index (χ1v) is 9.06. The van der Waals surface area contributed by atoms with Gasteiger partial charge in [0.15, 0.2) is 5.82 Å². The van der Waals surface area contributed by atoms with Crippen molar-refractivity contribution in [1.82, 2.24) is 20.4 Å². The zero-order chi connectivity index (χ0) is 18.4. The lowest BCUT2D eigenvalue weighted by Gasteiger charge is -2.31. The minimum Gasteiger partial charge on any atom is -0.348 e. The first kappa shape index (κ1) is 18.1. The fourth-order valence-corrected chi connectivity index (χ4v) is 3.16. The Hall–Kier alpha value is -2.70. The van der Waals surface area contributed by atoms with E-state index in [4.69, 9.17) is 4.52 Å². The van der Waals surface area contributed by atoms with Crippen LogP contribution in [0.3, 0.4) is 0 Å². The number of amides is 2. The molecule has 1 aromatic heterocycles. The maximum Gasteiger partial charge on any atom is 0.231 e. The van der Waals surface area contributed by atoms with Crippen LogP contribution in [0.25, 0.3) is 0 Å². The number of hydrogen-bond acceptors (Lipinski definition) is 5. The molecule has 1 saturated heterocycles. The molecule has 0 radical (unpaired) electrons. The van der Waals surface area contributed by atoms with Gasteiger partial charge in [-0.3, -0.25) is 9.59 Å². The summed E-state index contributed by atoms with van der Waals surface area (Å²) in [5.41, 5.74) is 1.09. The van der Waals surface area contributed by atoms with Crippen LogP contribution in [-0.2, 0) is 22.6 Å². The highest BCUT2D eigenvalue weighted by Crippen LogP contribution is 2.17. The van der Waals surface area contributed by atoms with Crippen LogP contribution in [0.2, 0.25) is 0 Å². The van der Waals surface area contributed by atoms with Gasteiger partial charge in [0.05, 0.1) is 18.9 Å². The quantitative estimate of drug-likeness (QED) is 0.854. The molecule has 3 rings (SSSR count). The molecule has 26 heavy (non-hydrogen) atoms. The van der Waals surface area contributed by atoms with Gasteiger partial charge in [-0.15, -0.1) is 0 Å². The number of benzene rings is 1. The molecular formula is C19H24N4O3. The Labute approximate surface area is 152 Å². The third-order valence-corrected chi connectivity index (χ3v) is 4.58. The third-order valence-electron chi connectivity index (χ3n) is 4.58. The summed E-state index contributed by atoms with van der Waals surface area (Å²) >= 11 is 0. The molecule has 1 atom stereocenters. The highest BCUT2D eigenvalue weighted by Gasteiger charge is 2.27. The molecule has 2 heterocycles. The van der Waals surface area contributed by atoms with Crippen LogP contribution in [0.1, 0.15) is 43.5 Å². The van der Waals surface area contributed by atoms with Gasteiger partial charge in [-0.05, 0) is 18.4 Å². The van der Waals surface area contributed by atoms with Gasteiger partial charge in [0, 0.05) is 19.5 Å². The van der Waals surface area contributed by atoms with Gasteiger partial charge < -0.3 is 14.7 Å². The second kappa shape index (κ2) is 8.60. The fourth-order valence-electron chi connectivity index (χ4n) is 3.16. The number of likely N-dealkylation sites (tertiary alicyclic amines) is 1. The van der Waals surface area contributed by atoms with Crippen molar-refractivity contribution in [2.75, 3.05) is 13.1 Å². The van der Waals surface area contributed by atoms with Crippen LogP contribution in [0.5, 0.6) is 0 Å². The van der Waals surface area contributed by atoms with Gasteiger partial charge in [-0.2, -0.15) is 4.98 Å². The number of nitrogens with one attached hydrogen (secondary N) is 1. The van der Waals surface area contributed by atoms with Gasteiger partial charge >= 0.3 is 0 Å². The molecular weight excluding hydrogens is 332 g/mol. The predicted octanol–water partition coefficient (Wildman–Crippen LogP) is 1.93. The van der Waals surface area contributed by atoms with E-state index in [-0.39, 0.29) is 24.3 Å². The molecule has 0 saturated carbocycles. The summed E-state index contributed by atoms with van der Waals surface area (Å²) in [7, 11) is 0. The van der Waals surface area contributed by atoms with Crippen molar-refractivity contribution in [2.45, 2.75) is 39.2 Å². The van der Waals surface area contributed by atoms with Crippen molar-refractivity contribution < 1.29 is 14.1 Å². The summed E-state index contributed by atoms with van der Waals surface area (Å²) in [6, 6.07) is 9.88. The molecule has 0 aliphatic carbocycles. The zero-order valence-electron chi connectivity index (χ0n) is 15.0. The van der Waals surface area contributed by atoms with Crippen LogP contribution >= 0.6 is 0 Å². The van der Waals surface area contributed by atoms with E-state index in [1.54, 1.807) is 4.90 Å². The standard InChI is InChI=1S/C19H24N4O3/c1-2-18(24)23-10-6-9-15(13-23)19(25)20-12-16-21-17(26-22-16)11-14-7-4-3-5-8-14/h3-5,7-8,15H,2,6,9-13H2,1H3,(H,20,25)/t15-/m1/s1. The largest absolute Gasteiger partial charge is 0.348 e. The van der Waals surface area contributed by atoms with Crippen molar-refractivity contribution in [1.29, 1.82) is 0 Å². The summed E-state index contributed by atoms with van der Waals surface area (Å²) in [5, 5.41) is 6.78. The van der Waals surface area contributed by atoms with E-state index in [1.165, 1.54) is 0 Å². The maximum absolute atomic E-state index is 12.4. The highest BCUT2D eigenvalue weighted by atomic mass is 16.5. The lowest BCUT2D eigenvalue weighted by molar-refractivity contribution is -0.135. The Morgan fingerprint density at radius 2 is 2.12 bits per heavy atom. The second-order valence-electron chi connectivity index (χ2n) is 6.52. The van der Waals surface area contributed by atoms with E-state index >= 15 is 0 Å². The van der Waals surface area contributed by atoms with Crippen molar-refractivity contribution in [2.24, 2.45) is 5.92 Å². The zero-order valence-corrected chi connectivity index (χ0v) is 15.0. The maximum atomic E-state index is 12.4. The van der Waals surface area contributed by atoms with Crippen LogP contribution in [0.4, 0.5) is 0 Å². The van der Waals surface area contributed by atoms with Gasteiger partial charge in [-0.25, -0.2) is 0 Å². The molecule has 0 bridgehead atoms. The molecule has 0 unspecified atom stereocenters. The van der Waals surface area contributed by atoms with Crippen LogP contribution in [0.15, 0.2) is 34.9 Å². The first-order chi connectivity index (χ1) is 12.7. The minimum atomic E-state index is -0.171. The van der Waals surface area contributed by atoms with Gasteiger partial charge in [0.25, 0.3) is 0 Å². The summed E-state index contributed by atoms with van der Waals surface area (Å²) in [4.78, 5) is 30.3. The second-order valence-corrected chi connectivity index (χ2v) is 6.52. The Bertz CT molecular complexity index is 744. The van der Waals surface area contributed by atoms with E-state index in [2.05, 4.69) is 15.5 Å². The monoisotopic (exact) mass is 356 g/mol. The molecule has 2 aromatic rings. The van der Waals surface area contributed by atoms with Gasteiger partial charge in [0.1, 0.15) is 0 Å². The SMILES string of the molecule is CCC(=O)N1CCC[C@@H](C(=O)NCc2noc(Cc3ccccc3)n2)C1. The van der Waals surface area contributed by atoms with Crippen molar-refractivity contribution in [3.05, 3.63) is 47.6 Å². The lowest BCUT2D eigenvalue weighted by Crippen LogP contribution is -2.45. The molecule has 2 amide bonds. The van der Waals surface area contributed by atoms with Crippen LogP contribution < -0.4 is 5.32 Å². The molecule has 138 valence electrons. The molecule has 1 fully saturated rings. The average Bonchev–Trinajstić information content (AvgIpc) is 3.13. The van der Waals surface area contributed by atoms with Crippen molar-refractivity contribution in [3.63, 3.8) is 0 Å². The molecule has 1 aliphatic heterocycles. The highest BCUT2D eigenvalue weighted by molar-refractivity contribution is 5.81. The Balaban J connectivity index is 1.49. The molecule has 7 heteroatoms. The number of carbonyl (C=O) groups excluding carboxylic acids is 2. The number of piperidine rings is 1. The molecule has 0 spiro atoms. The van der Waals surface area contributed by atoms with E-state index < -0.39 is 0 Å². The number of nitrogens with zero attached hydrogens (tertiary/aromatic N) is 3. The Morgan fingerprint density at radius 3 is 2.88 bits per heavy atom. The smallest absolute Gasteiger partial charge is 0.231 e. The Kier molecular flexibility index (Phi) is 5.99. The van der Waals surface area contributed by atoms with Crippen molar-refractivity contribution in [3.8, 4) is 0 Å². The van der Waals surface area contributed by atoms with E-state index in [1.807, 2.05) is 37.3 Å².